The molecule has 5 nitrogen and oxygen atoms in total. The number of benzene rings is 1. The molecule has 0 radical (unpaired) electrons. The summed E-state index contributed by atoms with van der Waals surface area (Å²) in [6.45, 7) is 2.07. The standard InChI is InChI=1S/C20H18N4O/c1-13(10-14-6-3-2-4-7-14)16-11-17(25)22-20-18(16)19(23-24-20)15-8-5-9-21-12-15/h2-10,12,16H,11H2,1H3,(H2,22,23,24,25)/b13-10+/t16-/m0/s1. The van der Waals surface area contributed by atoms with E-state index in [0.717, 1.165) is 28.0 Å². The number of aromatic amines is 1. The maximum Gasteiger partial charge on any atom is 0.226 e. The van der Waals surface area contributed by atoms with Crippen molar-refractivity contribution in [2.45, 2.75) is 19.3 Å². The third-order valence-corrected chi connectivity index (χ3v) is 4.49. The third kappa shape index (κ3) is 2.96. The van der Waals surface area contributed by atoms with Crippen molar-refractivity contribution in [3.8, 4) is 11.3 Å². The highest BCUT2D eigenvalue weighted by molar-refractivity contribution is 5.96. The van der Waals surface area contributed by atoms with E-state index in [-0.39, 0.29) is 11.8 Å². The van der Waals surface area contributed by atoms with Crippen molar-refractivity contribution in [3.05, 3.63) is 71.6 Å². The smallest absolute Gasteiger partial charge is 0.226 e. The van der Waals surface area contributed by atoms with Gasteiger partial charge in [-0.05, 0) is 24.6 Å². The number of hydrogen-bond donors (Lipinski definition) is 2. The molecule has 3 aromatic rings. The summed E-state index contributed by atoms with van der Waals surface area (Å²) in [7, 11) is 0. The largest absolute Gasteiger partial charge is 0.309 e. The maximum absolute atomic E-state index is 12.1. The fourth-order valence-electron chi connectivity index (χ4n) is 3.29. The van der Waals surface area contributed by atoms with Crippen LogP contribution in [0.4, 0.5) is 5.82 Å². The lowest BCUT2D eigenvalue weighted by Gasteiger charge is -2.24. The number of nitrogens with zero attached hydrogens (tertiary/aromatic N) is 2. The molecule has 2 aromatic heterocycles. The van der Waals surface area contributed by atoms with Crippen LogP contribution < -0.4 is 5.32 Å². The lowest BCUT2D eigenvalue weighted by atomic mass is 9.84. The summed E-state index contributed by atoms with van der Waals surface area (Å²) in [6, 6.07) is 14.0. The van der Waals surface area contributed by atoms with Crippen molar-refractivity contribution >= 4 is 17.8 Å². The summed E-state index contributed by atoms with van der Waals surface area (Å²) in [5.74, 6) is 0.585. The number of carbonyl (C=O) groups excluding carboxylic acids is 1. The Hall–Kier alpha value is -3.21. The Labute approximate surface area is 145 Å². The molecule has 1 aliphatic rings. The van der Waals surface area contributed by atoms with Crippen LogP contribution in [-0.4, -0.2) is 21.1 Å². The van der Waals surface area contributed by atoms with Gasteiger partial charge in [-0.3, -0.25) is 14.9 Å². The van der Waals surface area contributed by atoms with Gasteiger partial charge in [0.1, 0.15) is 0 Å². The molecule has 1 amide bonds. The number of fused-ring (bicyclic) bond motifs is 1. The van der Waals surface area contributed by atoms with E-state index in [2.05, 4.69) is 45.6 Å². The van der Waals surface area contributed by atoms with Crippen LogP contribution in [0.2, 0.25) is 0 Å². The summed E-state index contributed by atoms with van der Waals surface area (Å²) in [5, 5.41) is 10.3. The number of hydrogen-bond acceptors (Lipinski definition) is 3. The summed E-state index contributed by atoms with van der Waals surface area (Å²) in [6.07, 6.45) is 6.09. The molecule has 1 aromatic carbocycles. The molecule has 0 aliphatic carbocycles. The zero-order valence-electron chi connectivity index (χ0n) is 13.9. The molecule has 4 rings (SSSR count). The second-order valence-corrected chi connectivity index (χ2v) is 6.21. The van der Waals surface area contributed by atoms with Crippen LogP contribution in [0.3, 0.4) is 0 Å². The van der Waals surface area contributed by atoms with Gasteiger partial charge in [0.2, 0.25) is 5.91 Å². The van der Waals surface area contributed by atoms with Crippen molar-refractivity contribution in [2.24, 2.45) is 0 Å². The Balaban J connectivity index is 1.80. The number of aromatic nitrogens is 3. The number of allylic oxidation sites excluding steroid dienone is 1. The third-order valence-electron chi connectivity index (χ3n) is 4.49. The second-order valence-electron chi connectivity index (χ2n) is 6.21. The molecule has 1 aliphatic heterocycles. The molecule has 0 unspecified atom stereocenters. The molecule has 0 fully saturated rings. The van der Waals surface area contributed by atoms with Crippen LogP contribution in [-0.2, 0) is 4.79 Å². The molecule has 124 valence electrons. The lowest BCUT2D eigenvalue weighted by molar-refractivity contribution is -0.116. The van der Waals surface area contributed by atoms with E-state index >= 15 is 0 Å². The van der Waals surface area contributed by atoms with E-state index in [0.29, 0.717) is 12.2 Å². The molecule has 2 N–H and O–H groups in total. The van der Waals surface area contributed by atoms with Gasteiger partial charge in [-0.25, -0.2) is 0 Å². The normalized spacial score (nSPS) is 17.1. The molecule has 0 bridgehead atoms. The topological polar surface area (TPSA) is 70.7 Å². The quantitative estimate of drug-likeness (QED) is 0.762. The first-order valence-electron chi connectivity index (χ1n) is 8.24. The fraction of sp³-hybridized carbons (Fsp3) is 0.150. The number of amides is 1. The van der Waals surface area contributed by atoms with Gasteiger partial charge in [-0.1, -0.05) is 42.0 Å². The van der Waals surface area contributed by atoms with Crippen LogP contribution in [0.1, 0.15) is 30.4 Å². The predicted molar refractivity (Wildman–Crippen MR) is 97.9 cm³/mol. The van der Waals surface area contributed by atoms with Crippen LogP contribution in [0, 0.1) is 0 Å². The minimum atomic E-state index is -0.0158. The van der Waals surface area contributed by atoms with Gasteiger partial charge in [-0.2, -0.15) is 5.10 Å². The molecule has 1 atom stereocenters. The molecule has 0 spiro atoms. The van der Waals surface area contributed by atoms with Crippen LogP contribution in [0.25, 0.3) is 17.3 Å². The average molecular weight is 330 g/mol. The molecule has 0 saturated heterocycles. The van der Waals surface area contributed by atoms with Crippen LogP contribution >= 0.6 is 0 Å². The Morgan fingerprint density at radius 1 is 1.20 bits per heavy atom. The Bertz CT molecular complexity index is 929. The summed E-state index contributed by atoms with van der Waals surface area (Å²) in [5.41, 5.74) is 5.16. The van der Waals surface area contributed by atoms with E-state index in [4.69, 9.17) is 0 Å². The average Bonchev–Trinajstić information content (AvgIpc) is 3.06. The molecular weight excluding hydrogens is 312 g/mol. The van der Waals surface area contributed by atoms with Gasteiger partial charge >= 0.3 is 0 Å². The summed E-state index contributed by atoms with van der Waals surface area (Å²) in [4.78, 5) is 16.3. The highest BCUT2D eigenvalue weighted by Crippen LogP contribution is 2.41. The van der Waals surface area contributed by atoms with E-state index in [1.165, 1.54) is 0 Å². The molecular formula is C20H18N4O. The molecule has 0 saturated carbocycles. The van der Waals surface area contributed by atoms with E-state index in [1.807, 2.05) is 30.3 Å². The monoisotopic (exact) mass is 330 g/mol. The van der Waals surface area contributed by atoms with E-state index in [9.17, 15) is 4.79 Å². The van der Waals surface area contributed by atoms with Crippen molar-refractivity contribution in [2.75, 3.05) is 5.32 Å². The fourth-order valence-corrected chi connectivity index (χ4v) is 3.29. The minimum Gasteiger partial charge on any atom is -0.309 e. The van der Waals surface area contributed by atoms with Gasteiger partial charge in [0.05, 0.1) is 5.69 Å². The molecule has 25 heavy (non-hydrogen) atoms. The van der Waals surface area contributed by atoms with Crippen molar-refractivity contribution in [1.82, 2.24) is 15.2 Å². The molecule has 3 heterocycles. The minimum absolute atomic E-state index is 0.0115. The van der Waals surface area contributed by atoms with Gasteiger partial charge < -0.3 is 5.32 Å². The Morgan fingerprint density at radius 2 is 2.04 bits per heavy atom. The highest BCUT2D eigenvalue weighted by atomic mass is 16.1. The van der Waals surface area contributed by atoms with Gasteiger partial charge in [0.25, 0.3) is 0 Å². The van der Waals surface area contributed by atoms with Crippen molar-refractivity contribution in [3.63, 3.8) is 0 Å². The van der Waals surface area contributed by atoms with Gasteiger partial charge in [0, 0.05) is 35.9 Å². The Morgan fingerprint density at radius 3 is 2.80 bits per heavy atom. The number of rotatable bonds is 3. The Kier molecular flexibility index (Phi) is 3.90. The summed E-state index contributed by atoms with van der Waals surface area (Å²) >= 11 is 0. The maximum atomic E-state index is 12.1. The number of carbonyl (C=O) groups is 1. The van der Waals surface area contributed by atoms with E-state index < -0.39 is 0 Å². The zero-order chi connectivity index (χ0) is 17.2. The van der Waals surface area contributed by atoms with Crippen molar-refractivity contribution in [1.29, 1.82) is 0 Å². The van der Waals surface area contributed by atoms with Crippen LogP contribution in [0.5, 0.6) is 0 Å². The zero-order valence-corrected chi connectivity index (χ0v) is 13.9. The first-order valence-corrected chi connectivity index (χ1v) is 8.24. The predicted octanol–water partition coefficient (Wildman–Crippen LogP) is 4.00. The highest BCUT2D eigenvalue weighted by Gasteiger charge is 2.31. The lowest BCUT2D eigenvalue weighted by Crippen LogP contribution is -2.23. The number of nitrogens with one attached hydrogen (secondary N) is 2. The van der Waals surface area contributed by atoms with Gasteiger partial charge in [0.15, 0.2) is 5.82 Å². The second kappa shape index (κ2) is 6.36. The van der Waals surface area contributed by atoms with E-state index in [1.54, 1.807) is 12.4 Å². The van der Waals surface area contributed by atoms with Crippen molar-refractivity contribution < 1.29 is 4.79 Å². The summed E-state index contributed by atoms with van der Waals surface area (Å²) < 4.78 is 0. The first kappa shape index (κ1) is 15.3. The van der Waals surface area contributed by atoms with Gasteiger partial charge in [-0.15, -0.1) is 0 Å². The number of pyridine rings is 1. The number of H-pyrrole nitrogens is 1. The SMILES string of the molecule is C/C(=C\c1ccccc1)[C@@H]1CC(=O)Nc2n[nH]c(-c3cccnc3)c21. The first-order chi connectivity index (χ1) is 12.2. The number of anilines is 1. The van der Waals surface area contributed by atoms with Crippen LogP contribution in [0.15, 0.2) is 60.4 Å². The molecule has 5 heteroatoms.